The number of aromatic nitrogens is 3. The molecule has 7 nitrogen and oxygen atoms in total. The number of carbonyl (C=O) groups excluding carboxylic acids is 1. The number of benzene rings is 1. The Morgan fingerprint density at radius 1 is 1.35 bits per heavy atom. The highest BCUT2D eigenvalue weighted by Gasteiger charge is 2.22. The molecule has 3 rings (SSSR count). The third kappa shape index (κ3) is 3.56. The molecule has 0 aliphatic rings. The number of imidazole rings is 1. The number of aryl methyl sites for hydroxylation is 3. The van der Waals surface area contributed by atoms with E-state index in [1.165, 1.54) is 4.57 Å². The summed E-state index contributed by atoms with van der Waals surface area (Å²) in [7, 11) is 1.91. The van der Waals surface area contributed by atoms with Gasteiger partial charge >= 0.3 is 5.76 Å². The second kappa shape index (κ2) is 7.19. The van der Waals surface area contributed by atoms with Gasteiger partial charge in [0.25, 0.3) is 0 Å². The zero-order chi connectivity index (χ0) is 18.8. The molecule has 0 aliphatic carbocycles. The fraction of sp³-hybridized carbons (Fsp3) is 0.421. The summed E-state index contributed by atoms with van der Waals surface area (Å²) >= 11 is 0. The van der Waals surface area contributed by atoms with E-state index >= 15 is 0 Å². The minimum Gasteiger partial charge on any atom is -0.408 e. The summed E-state index contributed by atoms with van der Waals surface area (Å²) in [6.07, 6.45) is 3.77. The molecular weight excluding hydrogens is 332 g/mol. The Bertz CT molecular complexity index is 980. The molecule has 1 aromatic carbocycles. The SMILES string of the molecule is Cc1ccc2oc(=O)n(CCC(=O)NC(c3nccn3C)C(C)C)c2c1. The lowest BCUT2D eigenvalue weighted by atomic mass is 10.0. The first kappa shape index (κ1) is 18.0. The summed E-state index contributed by atoms with van der Waals surface area (Å²) in [5, 5.41) is 3.03. The number of nitrogens with one attached hydrogen (secondary N) is 1. The summed E-state index contributed by atoms with van der Waals surface area (Å²) in [4.78, 5) is 28.9. The van der Waals surface area contributed by atoms with Gasteiger partial charge in [0.2, 0.25) is 5.91 Å². The summed E-state index contributed by atoms with van der Waals surface area (Å²) in [6, 6.07) is 5.38. The molecule has 0 aliphatic heterocycles. The van der Waals surface area contributed by atoms with Crippen LogP contribution < -0.4 is 11.1 Å². The van der Waals surface area contributed by atoms with Gasteiger partial charge in [-0.15, -0.1) is 0 Å². The van der Waals surface area contributed by atoms with E-state index in [1.807, 2.05) is 50.7 Å². The Kier molecular flexibility index (Phi) is 4.97. The largest absolute Gasteiger partial charge is 0.419 e. The van der Waals surface area contributed by atoms with Gasteiger partial charge in [-0.05, 0) is 30.5 Å². The number of oxazole rings is 1. The summed E-state index contributed by atoms with van der Waals surface area (Å²) in [5.74, 6) is 0.443. The third-order valence-electron chi connectivity index (χ3n) is 4.51. The summed E-state index contributed by atoms with van der Waals surface area (Å²) in [5.41, 5.74) is 2.28. The van der Waals surface area contributed by atoms with E-state index in [-0.39, 0.29) is 30.8 Å². The highest BCUT2D eigenvalue weighted by Crippen LogP contribution is 2.20. The number of rotatable bonds is 6. The third-order valence-corrected chi connectivity index (χ3v) is 4.51. The van der Waals surface area contributed by atoms with E-state index in [2.05, 4.69) is 10.3 Å². The Hall–Kier alpha value is -2.83. The van der Waals surface area contributed by atoms with Crippen LogP contribution in [0.4, 0.5) is 0 Å². The van der Waals surface area contributed by atoms with Crippen LogP contribution >= 0.6 is 0 Å². The molecular formula is C19H24N4O3. The predicted molar refractivity (Wildman–Crippen MR) is 98.8 cm³/mol. The molecule has 1 amide bonds. The Morgan fingerprint density at radius 2 is 2.12 bits per heavy atom. The molecule has 138 valence electrons. The van der Waals surface area contributed by atoms with Crippen LogP contribution in [0.3, 0.4) is 0 Å². The molecule has 2 aromatic heterocycles. The summed E-state index contributed by atoms with van der Waals surface area (Å²) < 4.78 is 8.65. The van der Waals surface area contributed by atoms with E-state index in [0.29, 0.717) is 11.1 Å². The number of carbonyl (C=O) groups is 1. The predicted octanol–water partition coefficient (Wildman–Crippen LogP) is 2.54. The van der Waals surface area contributed by atoms with Crippen LogP contribution in [0.5, 0.6) is 0 Å². The maximum absolute atomic E-state index is 12.5. The van der Waals surface area contributed by atoms with Crippen molar-refractivity contribution in [2.75, 3.05) is 0 Å². The highest BCUT2D eigenvalue weighted by molar-refractivity contribution is 5.77. The van der Waals surface area contributed by atoms with Crippen molar-refractivity contribution in [1.29, 1.82) is 0 Å². The van der Waals surface area contributed by atoms with E-state index < -0.39 is 5.76 Å². The van der Waals surface area contributed by atoms with Gasteiger partial charge in [-0.25, -0.2) is 9.78 Å². The van der Waals surface area contributed by atoms with Crippen LogP contribution in [0.2, 0.25) is 0 Å². The lowest BCUT2D eigenvalue weighted by Gasteiger charge is -2.22. The van der Waals surface area contributed by atoms with Crippen LogP contribution in [0.15, 0.2) is 39.8 Å². The fourth-order valence-corrected chi connectivity index (χ4v) is 3.05. The monoisotopic (exact) mass is 356 g/mol. The molecule has 3 aromatic rings. The average Bonchev–Trinajstić information content (AvgIpc) is 3.13. The number of fused-ring (bicyclic) bond motifs is 1. The molecule has 0 saturated heterocycles. The minimum absolute atomic E-state index is 0.124. The van der Waals surface area contributed by atoms with Gasteiger partial charge in [-0.2, -0.15) is 0 Å². The van der Waals surface area contributed by atoms with Gasteiger partial charge in [-0.3, -0.25) is 9.36 Å². The molecule has 0 bridgehead atoms. The second-order valence-corrected chi connectivity index (χ2v) is 6.93. The van der Waals surface area contributed by atoms with Crippen molar-refractivity contribution in [1.82, 2.24) is 19.4 Å². The lowest BCUT2D eigenvalue weighted by Crippen LogP contribution is -2.34. The maximum Gasteiger partial charge on any atom is 0.419 e. The Morgan fingerprint density at radius 3 is 2.77 bits per heavy atom. The smallest absolute Gasteiger partial charge is 0.408 e. The van der Waals surface area contributed by atoms with Gasteiger partial charge in [0.1, 0.15) is 5.82 Å². The highest BCUT2D eigenvalue weighted by atomic mass is 16.4. The number of nitrogens with zero attached hydrogens (tertiary/aromatic N) is 3. The zero-order valence-corrected chi connectivity index (χ0v) is 15.5. The number of hydrogen-bond donors (Lipinski definition) is 1. The quantitative estimate of drug-likeness (QED) is 0.736. The molecule has 0 fully saturated rings. The van der Waals surface area contributed by atoms with Gasteiger partial charge in [0, 0.05) is 32.4 Å². The summed E-state index contributed by atoms with van der Waals surface area (Å²) in [6.45, 7) is 6.30. The maximum atomic E-state index is 12.5. The zero-order valence-electron chi connectivity index (χ0n) is 15.5. The van der Waals surface area contributed by atoms with Crippen molar-refractivity contribution < 1.29 is 9.21 Å². The molecule has 0 spiro atoms. The molecule has 2 heterocycles. The van der Waals surface area contributed by atoms with Crippen molar-refractivity contribution in [3.05, 3.63) is 52.5 Å². The standard InChI is InChI=1S/C19H24N4O3/c1-12(2)17(18-20-8-10-22(18)4)21-16(24)7-9-23-14-11-13(3)5-6-15(14)26-19(23)25/h5-6,8,10-12,17H,7,9H2,1-4H3,(H,21,24). The lowest BCUT2D eigenvalue weighted by molar-refractivity contribution is -0.122. The van der Waals surface area contributed by atoms with Crippen LogP contribution in [-0.2, 0) is 18.4 Å². The molecule has 0 radical (unpaired) electrons. The number of hydrogen-bond acceptors (Lipinski definition) is 4. The molecule has 7 heteroatoms. The minimum atomic E-state index is -0.442. The number of amides is 1. The first-order chi connectivity index (χ1) is 12.4. The van der Waals surface area contributed by atoms with Crippen molar-refractivity contribution in [2.24, 2.45) is 13.0 Å². The normalized spacial score (nSPS) is 12.7. The molecule has 0 saturated carbocycles. The van der Waals surface area contributed by atoms with Gasteiger partial charge in [-0.1, -0.05) is 19.9 Å². The van der Waals surface area contributed by atoms with Crippen LogP contribution in [0.1, 0.15) is 37.7 Å². The van der Waals surface area contributed by atoms with E-state index in [4.69, 9.17) is 4.42 Å². The van der Waals surface area contributed by atoms with Gasteiger partial charge in [0.05, 0.1) is 11.6 Å². The Balaban J connectivity index is 1.73. The fourth-order valence-electron chi connectivity index (χ4n) is 3.05. The van der Waals surface area contributed by atoms with Crippen LogP contribution in [0.25, 0.3) is 11.1 Å². The average molecular weight is 356 g/mol. The van der Waals surface area contributed by atoms with Crippen molar-refractivity contribution in [2.45, 2.75) is 39.8 Å². The first-order valence-electron chi connectivity index (χ1n) is 8.73. The topological polar surface area (TPSA) is 82.1 Å². The molecule has 1 atom stereocenters. The molecule has 1 N–H and O–H groups in total. The molecule has 26 heavy (non-hydrogen) atoms. The van der Waals surface area contributed by atoms with E-state index in [0.717, 1.165) is 11.4 Å². The van der Waals surface area contributed by atoms with Gasteiger partial charge < -0.3 is 14.3 Å². The van der Waals surface area contributed by atoms with E-state index in [9.17, 15) is 9.59 Å². The van der Waals surface area contributed by atoms with Crippen molar-refractivity contribution >= 4 is 17.0 Å². The first-order valence-corrected chi connectivity index (χ1v) is 8.73. The second-order valence-electron chi connectivity index (χ2n) is 6.93. The Labute approximate surface area is 151 Å². The van der Waals surface area contributed by atoms with Gasteiger partial charge in [0.15, 0.2) is 5.58 Å². The van der Waals surface area contributed by atoms with Crippen molar-refractivity contribution in [3.8, 4) is 0 Å². The van der Waals surface area contributed by atoms with E-state index in [1.54, 1.807) is 12.3 Å². The van der Waals surface area contributed by atoms with Crippen LogP contribution in [0, 0.1) is 12.8 Å². The molecule has 1 unspecified atom stereocenters. The van der Waals surface area contributed by atoms with Crippen LogP contribution in [-0.4, -0.2) is 20.0 Å². The van der Waals surface area contributed by atoms with Crippen molar-refractivity contribution in [3.63, 3.8) is 0 Å².